The zero-order chi connectivity index (χ0) is 38.8. The molecule has 54 heavy (non-hydrogen) atoms. The summed E-state index contributed by atoms with van der Waals surface area (Å²) in [7, 11) is 3.06. The Hall–Kier alpha value is -4.88. The lowest BCUT2D eigenvalue weighted by molar-refractivity contribution is -0.904. The molecular weight excluding hydrogens is 737 g/mol. The fourth-order valence-electron chi connectivity index (χ4n) is 7.26. The minimum absolute atomic E-state index is 0.00940. The van der Waals surface area contributed by atoms with E-state index in [-0.39, 0.29) is 40.6 Å². The van der Waals surface area contributed by atoms with Gasteiger partial charge in [0.25, 0.3) is 6.47 Å². The molecule has 7 rings (SSSR count). The molecule has 3 N–H and O–H groups in total. The highest BCUT2D eigenvalue weighted by atomic mass is 35.5. The number of halogens is 2. The molecule has 0 saturated carbocycles. The van der Waals surface area contributed by atoms with Gasteiger partial charge < -0.3 is 34.5 Å². The van der Waals surface area contributed by atoms with Crippen molar-refractivity contribution in [2.75, 3.05) is 40.4 Å². The average Bonchev–Trinajstić information content (AvgIpc) is 3.17. The predicted octanol–water partition coefficient (Wildman–Crippen LogP) is 4.49. The number of aromatic carboxylic acids is 1. The Morgan fingerprint density at radius 1 is 0.981 bits per heavy atom. The summed E-state index contributed by atoms with van der Waals surface area (Å²) in [6.07, 6.45) is 5.28. The minimum Gasteiger partial charge on any atom is -0.545 e. The summed E-state index contributed by atoms with van der Waals surface area (Å²) in [5.41, 5.74) is 3.38. The van der Waals surface area contributed by atoms with Gasteiger partial charge in [0, 0.05) is 34.9 Å². The second-order valence-corrected chi connectivity index (χ2v) is 14.0. The maximum Gasteiger partial charge on any atom is 0.328 e. The molecule has 3 fully saturated rings. The van der Waals surface area contributed by atoms with Crippen molar-refractivity contribution in [2.45, 2.75) is 43.7 Å². The van der Waals surface area contributed by atoms with Gasteiger partial charge in [-0.15, -0.1) is 0 Å². The smallest absolute Gasteiger partial charge is 0.328 e. The van der Waals surface area contributed by atoms with E-state index in [0.29, 0.717) is 41.5 Å². The van der Waals surface area contributed by atoms with Gasteiger partial charge in [0.05, 0.1) is 20.2 Å². The van der Waals surface area contributed by atoms with Crippen LogP contribution in [0.15, 0.2) is 79.1 Å². The second-order valence-electron chi connectivity index (χ2n) is 13.2. The number of aromatic nitrogens is 1. The molecule has 12 nitrogen and oxygen atoms in total. The van der Waals surface area contributed by atoms with Crippen LogP contribution >= 0.6 is 23.2 Å². The molecule has 0 spiro atoms. The number of hydrogen-bond acceptors (Lipinski definition) is 10. The summed E-state index contributed by atoms with van der Waals surface area (Å²) in [6.45, 7) is 3.04. The van der Waals surface area contributed by atoms with E-state index in [0.717, 1.165) is 53.9 Å². The summed E-state index contributed by atoms with van der Waals surface area (Å²) < 4.78 is 17.9. The Balaban J connectivity index is 0.00000181. The number of esters is 1. The van der Waals surface area contributed by atoms with E-state index in [1.54, 1.807) is 24.3 Å². The number of piperidine rings is 3. The largest absolute Gasteiger partial charge is 0.545 e. The van der Waals surface area contributed by atoms with Gasteiger partial charge in [-0.05, 0) is 79.1 Å². The molecule has 3 aliphatic heterocycles. The van der Waals surface area contributed by atoms with Crippen LogP contribution in [0.2, 0.25) is 10.0 Å². The van der Waals surface area contributed by atoms with Crippen molar-refractivity contribution in [3.8, 4) is 11.5 Å². The number of hydrogen-bond donors (Lipinski definition) is 3. The first-order valence-electron chi connectivity index (χ1n) is 17.5. The van der Waals surface area contributed by atoms with Gasteiger partial charge in [0.15, 0.2) is 11.5 Å². The first-order chi connectivity index (χ1) is 26.1. The zero-order valence-electron chi connectivity index (χ0n) is 30.0. The highest BCUT2D eigenvalue weighted by molar-refractivity contribution is 6.35. The molecule has 286 valence electrons. The van der Waals surface area contributed by atoms with Crippen molar-refractivity contribution >= 4 is 41.6 Å². The van der Waals surface area contributed by atoms with Gasteiger partial charge in [0.1, 0.15) is 22.2 Å². The molecule has 2 bridgehead atoms. The fourth-order valence-corrected chi connectivity index (χ4v) is 7.87. The molecule has 0 aliphatic carbocycles. The van der Waals surface area contributed by atoms with Crippen LogP contribution < -0.4 is 24.6 Å². The van der Waals surface area contributed by atoms with E-state index >= 15 is 0 Å². The molecule has 0 amide bonds. The maximum absolute atomic E-state index is 13.7. The van der Waals surface area contributed by atoms with Crippen molar-refractivity contribution in [1.29, 1.82) is 0 Å². The van der Waals surface area contributed by atoms with Crippen LogP contribution in [-0.2, 0) is 27.2 Å². The molecule has 1 unspecified atom stereocenters. The van der Waals surface area contributed by atoms with Crippen molar-refractivity contribution in [1.82, 2.24) is 10.2 Å². The number of benzene rings is 3. The molecule has 1 aromatic heterocycles. The van der Waals surface area contributed by atoms with Gasteiger partial charge in [-0.3, -0.25) is 14.9 Å². The lowest BCUT2D eigenvalue weighted by Gasteiger charge is -2.44. The minimum atomic E-state index is -1.33. The number of carbonyl (C=O) groups is 3. The number of carbonyl (C=O) groups excluding carboxylic acids is 2. The molecule has 3 aromatic carbocycles. The number of nitrogens with one attached hydrogen (secondary N) is 1. The first-order valence-corrected chi connectivity index (χ1v) is 18.3. The van der Waals surface area contributed by atoms with E-state index in [1.807, 2.05) is 42.5 Å². The van der Waals surface area contributed by atoms with E-state index in [1.165, 1.54) is 26.6 Å². The Morgan fingerprint density at radius 3 is 2.24 bits per heavy atom. The standard InChI is InChI=1S/C39H41Cl2N3O7.CH2O2/c1-49-34-11-9-27(19-35(34)50-2)29(20-31-32(40)21-44(48)22-33(31)41)30-18-24(8-10-28(30)38(45)46)12-15-42-37(26-6-4-3-5-7-26)39(47)51-36-23-43-16-13-25(36)14-17-43;2-1-3/h3-11,18-19,21-22,25,29,36-37,42H,12-17,20,23H2,1-2H3,(H-,45,46,48);1H,(H,2,3)/t29-,36-,37?;/m0./s1. The molecule has 3 aliphatic rings. The molecule has 3 atom stereocenters. The second kappa shape index (κ2) is 18.9. The lowest BCUT2D eigenvalue weighted by Crippen LogP contribution is -2.52. The number of fused-ring (bicyclic) bond motifs is 3. The van der Waals surface area contributed by atoms with Crippen LogP contribution in [0.5, 0.6) is 11.5 Å². The Morgan fingerprint density at radius 2 is 1.65 bits per heavy atom. The summed E-state index contributed by atoms with van der Waals surface area (Å²) in [5.74, 6) is -0.855. The van der Waals surface area contributed by atoms with Gasteiger partial charge in [-0.25, -0.2) is 4.79 Å². The Kier molecular flexibility index (Phi) is 14.1. The van der Waals surface area contributed by atoms with E-state index in [2.05, 4.69) is 10.2 Å². The van der Waals surface area contributed by atoms with Crippen LogP contribution in [0.25, 0.3) is 0 Å². The molecule has 14 heteroatoms. The fraction of sp³-hybridized carbons (Fsp3) is 0.350. The normalized spacial score (nSPS) is 18.4. The van der Waals surface area contributed by atoms with Crippen LogP contribution in [-0.4, -0.2) is 80.1 Å². The Labute approximate surface area is 323 Å². The number of nitrogens with zero attached hydrogens (tertiary/aromatic N) is 2. The molecule has 0 radical (unpaired) electrons. The third kappa shape index (κ3) is 9.80. The topological polar surface area (TPSA) is 162 Å². The number of carboxylic acids is 1. The maximum atomic E-state index is 13.7. The van der Waals surface area contributed by atoms with Crippen molar-refractivity contribution in [2.24, 2.45) is 5.92 Å². The SMILES string of the molecule is COc1ccc([C@H](Cc2c(Cl)c[n+](O)cc2Cl)c2cc(CCNC(C(=O)O[C@H]3CN4CCC3CC4)c3ccccc3)ccc2C(=O)[O-])cc1OC.O=CO. The van der Waals surface area contributed by atoms with Crippen LogP contribution in [0, 0.1) is 5.92 Å². The average molecular weight is 781 g/mol. The van der Waals surface area contributed by atoms with E-state index < -0.39 is 17.9 Å². The van der Waals surface area contributed by atoms with Gasteiger partial charge >= 0.3 is 5.97 Å². The summed E-state index contributed by atoms with van der Waals surface area (Å²) in [5, 5.41) is 33.3. The predicted molar refractivity (Wildman–Crippen MR) is 198 cm³/mol. The number of carboxylic acid groups (broad SMARTS) is 2. The lowest BCUT2D eigenvalue weighted by atomic mass is 9.82. The van der Waals surface area contributed by atoms with Gasteiger partial charge in [-0.1, -0.05) is 77.8 Å². The summed E-state index contributed by atoms with van der Waals surface area (Å²) in [4.78, 5) is 36.9. The number of methoxy groups -OCH3 is 2. The molecule has 4 heterocycles. The quantitative estimate of drug-likeness (QED) is 0.0716. The van der Waals surface area contributed by atoms with Crippen molar-refractivity contribution in [3.63, 3.8) is 0 Å². The molecular formula is C40H43Cl2N3O9. The highest BCUT2D eigenvalue weighted by Crippen LogP contribution is 2.39. The van der Waals surface area contributed by atoms with Crippen molar-refractivity contribution < 1.29 is 48.7 Å². The number of pyridine rings is 1. The van der Waals surface area contributed by atoms with Gasteiger partial charge in [0.2, 0.25) is 12.4 Å². The molecule has 3 saturated heterocycles. The monoisotopic (exact) mass is 779 g/mol. The van der Waals surface area contributed by atoms with Crippen LogP contribution in [0.3, 0.4) is 0 Å². The number of rotatable bonds is 14. The molecule has 4 aromatic rings. The number of ether oxygens (including phenoxy) is 3. The van der Waals surface area contributed by atoms with Crippen LogP contribution in [0.4, 0.5) is 0 Å². The summed E-state index contributed by atoms with van der Waals surface area (Å²) in [6, 6.07) is 19.4. The third-order valence-corrected chi connectivity index (χ3v) is 10.6. The Bertz CT molecular complexity index is 1900. The highest BCUT2D eigenvalue weighted by Gasteiger charge is 2.38. The van der Waals surface area contributed by atoms with E-state index in [9.17, 15) is 19.9 Å². The van der Waals surface area contributed by atoms with Crippen molar-refractivity contribution in [3.05, 3.63) is 123 Å². The van der Waals surface area contributed by atoms with E-state index in [4.69, 9.17) is 47.3 Å². The van der Waals surface area contributed by atoms with Crippen LogP contribution in [0.1, 0.15) is 63.0 Å². The first kappa shape index (κ1) is 40.3. The summed E-state index contributed by atoms with van der Waals surface area (Å²) >= 11 is 13.1. The third-order valence-electron chi connectivity index (χ3n) is 9.99. The van der Waals surface area contributed by atoms with Gasteiger partial charge in [-0.2, -0.15) is 0 Å². The zero-order valence-corrected chi connectivity index (χ0v) is 31.5.